The Bertz CT molecular complexity index is 653. The van der Waals surface area contributed by atoms with Crippen molar-refractivity contribution in [2.45, 2.75) is 18.2 Å². The first-order valence-corrected chi connectivity index (χ1v) is 8.59. The Kier molecular flexibility index (Phi) is 4.52. The molecule has 0 spiro atoms. The highest BCUT2D eigenvalue weighted by Crippen LogP contribution is 2.26. The van der Waals surface area contributed by atoms with Crippen molar-refractivity contribution in [2.75, 3.05) is 18.8 Å². The molecule has 0 N–H and O–H groups in total. The van der Waals surface area contributed by atoms with Gasteiger partial charge in [-0.25, -0.2) is 0 Å². The molecule has 22 heavy (non-hydrogen) atoms. The first-order chi connectivity index (χ1) is 10.6. The minimum Gasteiger partial charge on any atom is -0.338 e. The summed E-state index contributed by atoms with van der Waals surface area (Å²) < 4.78 is 1.71. The minimum absolute atomic E-state index is 0.123. The molecule has 116 valence electrons. The average Bonchev–Trinajstić information content (AvgIpc) is 3.12. The maximum atomic E-state index is 12.6. The average molecular weight is 315 g/mol. The van der Waals surface area contributed by atoms with E-state index in [1.54, 1.807) is 4.68 Å². The lowest BCUT2D eigenvalue weighted by Crippen LogP contribution is -2.29. The van der Waals surface area contributed by atoms with E-state index in [9.17, 15) is 4.79 Å². The molecule has 0 saturated carbocycles. The van der Waals surface area contributed by atoms with Crippen molar-refractivity contribution in [3.8, 4) is 0 Å². The molecule has 1 aromatic carbocycles. The Morgan fingerprint density at radius 3 is 2.82 bits per heavy atom. The summed E-state index contributed by atoms with van der Waals surface area (Å²) in [5.41, 5.74) is 1.55. The Hall–Kier alpha value is -1.75. The van der Waals surface area contributed by atoms with E-state index >= 15 is 0 Å². The highest BCUT2D eigenvalue weighted by molar-refractivity contribution is 7.99. The van der Waals surface area contributed by atoms with Gasteiger partial charge in [0.15, 0.2) is 0 Å². The van der Waals surface area contributed by atoms with Crippen molar-refractivity contribution in [2.24, 2.45) is 13.0 Å². The van der Waals surface area contributed by atoms with Gasteiger partial charge in [0.1, 0.15) is 0 Å². The molecule has 1 amide bonds. The fourth-order valence-electron chi connectivity index (χ4n) is 2.86. The van der Waals surface area contributed by atoms with Gasteiger partial charge in [-0.05, 0) is 31.4 Å². The van der Waals surface area contributed by atoms with E-state index in [2.05, 4.69) is 29.4 Å². The number of nitrogens with zero attached hydrogens (tertiary/aromatic N) is 3. The van der Waals surface area contributed by atoms with Crippen LogP contribution in [0.5, 0.6) is 0 Å². The molecule has 0 bridgehead atoms. The molecule has 1 fully saturated rings. The van der Waals surface area contributed by atoms with E-state index in [0.29, 0.717) is 5.92 Å². The van der Waals surface area contributed by atoms with E-state index in [-0.39, 0.29) is 5.91 Å². The Morgan fingerprint density at radius 1 is 1.36 bits per heavy atom. The minimum atomic E-state index is 0.123. The number of amides is 1. The molecule has 1 saturated heterocycles. The lowest BCUT2D eigenvalue weighted by Gasteiger charge is -2.16. The second kappa shape index (κ2) is 6.57. The molecule has 1 aromatic heterocycles. The molecule has 0 unspecified atom stereocenters. The standard InChI is InChI=1S/C17H21N3OS/c1-13-16(11-19(2)18-13)17(21)20-9-8-14(10-20)12-22-15-6-4-3-5-7-15/h3-7,11,14H,8-10,12H2,1-2H3/t14-/m1/s1. The maximum Gasteiger partial charge on any atom is 0.257 e. The van der Waals surface area contributed by atoms with Crippen LogP contribution in [0.2, 0.25) is 0 Å². The third kappa shape index (κ3) is 3.35. The number of carbonyl (C=O) groups is 1. The summed E-state index contributed by atoms with van der Waals surface area (Å²) in [4.78, 5) is 15.8. The Morgan fingerprint density at radius 2 is 2.14 bits per heavy atom. The zero-order valence-corrected chi connectivity index (χ0v) is 13.8. The number of thioether (sulfide) groups is 1. The number of hydrogen-bond donors (Lipinski definition) is 0. The Labute approximate surface area is 135 Å². The van der Waals surface area contributed by atoms with Gasteiger partial charge in [-0.15, -0.1) is 11.8 Å². The first-order valence-electron chi connectivity index (χ1n) is 7.61. The summed E-state index contributed by atoms with van der Waals surface area (Å²) in [6.07, 6.45) is 2.91. The normalized spacial score (nSPS) is 17.9. The van der Waals surface area contributed by atoms with Gasteiger partial charge in [0.25, 0.3) is 5.91 Å². The predicted octanol–water partition coefficient (Wildman–Crippen LogP) is 2.98. The molecule has 2 heterocycles. The molecular weight excluding hydrogens is 294 g/mol. The lowest BCUT2D eigenvalue weighted by molar-refractivity contribution is 0.0787. The van der Waals surface area contributed by atoms with E-state index in [4.69, 9.17) is 0 Å². The number of aryl methyl sites for hydroxylation is 2. The summed E-state index contributed by atoms with van der Waals surface area (Å²) in [5.74, 6) is 1.77. The summed E-state index contributed by atoms with van der Waals surface area (Å²) in [6, 6.07) is 10.5. The zero-order valence-electron chi connectivity index (χ0n) is 13.0. The molecule has 0 aliphatic carbocycles. The van der Waals surface area contributed by atoms with E-state index in [1.165, 1.54) is 4.90 Å². The highest BCUT2D eigenvalue weighted by atomic mass is 32.2. The number of carbonyl (C=O) groups excluding carboxylic acids is 1. The van der Waals surface area contributed by atoms with Crippen LogP contribution in [0.15, 0.2) is 41.4 Å². The maximum absolute atomic E-state index is 12.6. The van der Waals surface area contributed by atoms with Crippen LogP contribution in [-0.2, 0) is 7.05 Å². The summed E-state index contributed by atoms with van der Waals surface area (Å²) in [6.45, 7) is 3.60. The molecule has 3 rings (SSSR count). The van der Waals surface area contributed by atoms with Crippen molar-refractivity contribution >= 4 is 17.7 Å². The van der Waals surface area contributed by atoms with Crippen molar-refractivity contribution in [3.05, 3.63) is 47.8 Å². The van der Waals surface area contributed by atoms with Crippen LogP contribution in [0, 0.1) is 12.8 Å². The molecule has 4 nitrogen and oxygen atoms in total. The van der Waals surface area contributed by atoms with Crippen molar-refractivity contribution in [1.82, 2.24) is 14.7 Å². The van der Waals surface area contributed by atoms with E-state index < -0.39 is 0 Å². The summed E-state index contributed by atoms with van der Waals surface area (Å²) >= 11 is 1.88. The molecular formula is C17H21N3OS. The SMILES string of the molecule is Cc1nn(C)cc1C(=O)N1CC[C@@H](CSc2ccccc2)C1. The second-order valence-electron chi connectivity index (χ2n) is 5.83. The predicted molar refractivity (Wildman–Crippen MR) is 89.1 cm³/mol. The van der Waals surface area contributed by atoms with Gasteiger partial charge in [-0.2, -0.15) is 5.10 Å². The third-order valence-electron chi connectivity index (χ3n) is 4.05. The highest BCUT2D eigenvalue weighted by Gasteiger charge is 2.28. The van der Waals surface area contributed by atoms with Gasteiger partial charge in [0.05, 0.1) is 11.3 Å². The zero-order chi connectivity index (χ0) is 15.5. The topological polar surface area (TPSA) is 38.1 Å². The van der Waals surface area contributed by atoms with Gasteiger partial charge < -0.3 is 4.90 Å². The smallest absolute Gasteiger partial charge is 0.257 e. The fourth-order valence-corrected chi connectivity index (χ4v) is 3.91. The molecule has 1 aliphatic rings. The van der Waals surface area contributed by atoms with Crippen molar-refractivity contribution in [1.29, 1.82) is 0 Å². The van der Waals surface area contributed by atoms with E-state index in [0.717, 1.165) is 36.5 Å². The summed E-state index contributed by atoms with van der Waals surface area (Å²) in [7, 11) is 1.85. The molecule has 2 aromatic rings. The van der Waals surface area contributed by atoms with Gasteiger partial charge in [0, 0.05) is 37.0 Å². The first kappa shape index (κ1) is 15.2. The number of aromatic nitrogens is 2. The Balaban J connectivity index is 1.56. The van der Waals surface area contributed by atoms with Crippen molar-refractivity contribution < 1.29 is 4.79 Å². The molecule has 0 radical (unpaired) electrons. The van der Waals surface area contributed by atoms with Crippen LogP contribution >= 0.6 is 11.8 Å². The monoisotopic (exact) mass is 315 g/mol. The second-order valence-corrected chi connectivity index (χ2v) is 6.93. The quantitative estimate of drug-likeness (QED) is 0.814. The molecule has 1 atom stereocenters. The summed E-state index contributed by atoms with van der Waals surface area (Å²) in [5, 5.41) is 4.26. The van der Waals surface area contributed by atoms with Crippen LogP contribution in [0.1, 0.15) is 22.5 Å². The number of hydrogen-bond acceptors (Lipinski definition) is 3. The largest absolute Gasteiger partial charge is 0.338 e. The van der Waals surface area contributed by atoms with E-state index in [1.807, 2.05) is 42.9 Å². The number of benzene rings is 1. The van der Waals surface area contributed by atoms with Crippen LogP contribution in [0.25, 0.3) is 0 Å². The molecule has 1 aliphatic heterocycles. The van der Waals surface area contributed by atoms with Crippen LogP contribution in [-0.4, -0.2) is 39.4 Å². The number of likely N-dealkylation sites (tertiary alicyclic amines) is 1. The fraction of sp³-hybridized carbons (Fsp3) is 0.412. The van der Waals surface area contributed by atoms with Gasteiger partial charge in [-0.1, -0.05) is 18.2 Å². The van der Waals surface area contributed by atoms with Gasteiger partial charge >= 0.3 is 0 Å². The van der Waals surface area contributed by atoms with Gasteiger partial charge in [-0.3, -0.25) is 9.48 Å². The van der Waals surface area contributed by atoms with Crippen LogP contribution < -0.4 is 0 Å². The molecule has 5 heteroatoms. The third-order valence-corrected chi connectivity index (χ3v) is 5.29. The lowest BCUT2D eigenvalue weighted by atomic mass is 10.2. The van der Waals surface area contributed by atoms with Crippen LogP contribution in [0.4, 0.5) is 0 Å². The van der Waals surface area contributed by atoms with Gasteiger partial charge in [0.2, 0.25) is 0 Å². The van der Waals surface area contributed by atoms with Crippen LogP contribution in [0.3, 0.4) is 0 Å². The van der Waals surface area contributed by atoms with Crippen molar-refractivity contribution in [3.63, 3.8) is 0 Å². The number of rotatable bonds is 4.